The maximum absolute atomic E-state index is 10.9. The second kappa shape index (κ2) is 11.1. The van der Waals surface area contributed by atoms with Gasteiger partial charge >= 0.3 is 0 Å². The Morgan fingerprint density at radius 2 is 1.38 bits per heavy atom. The van der Waals surface area contributed by atoms with Crippen LogP contribution in [-0.2, 0) is 4.79 Å². The van der Waals surface area contributed by atoms with Crippen LogP contribution in [0.5, 0.6) is 0 Å². The Kier molecular flexibility index (Phi) is 10.9. The summed E-state index contributed by atoms with van der Waals surface area (Å²) in [5.74, 6) is 0.125. The van der Waals surface area contributed by atoms with Gasteiger partial charge < -0.3 is 5.73 Å². The molecule has 2 N–H and O–H groups in total. The summed E-state index contributed by atoms with van der Waals surface area (Å²) in [7, 11) is 0. The normalized spacial score (nSPS) is 12.7. The van der Waals surface area contributed by atoms with E-state index >= 15 is 0 Å². The number of ketones is 1. The zero-order valence-corrected chi connectivity index (χ0v) is 11.1. The van der Waals surface area contributed by atoms with Gasteiger partial charge in [0.25, 0.3) is 0 Å². The van der Waals surface area contributed by atoms with E-state index in [4.69, 9.17) is 5.73 Å². The van der Waals surface area contributed by atoms with Crippen LogP contribution in [0.4, 0.5) is 0 Å². The van der Waals surface area contributed by atoms with Crippen LogP contribution < -0.4 is 5.73 Å². The average molecular weight is 227 g/mol. The summed E-state index contributed by atoms with van der Waals surface area (Å²) < 4.78 is 0. The Bertz CT molecular complexity index is 168. The molecule has 2 nitrogen and oxygen atoms in total. The third-order valence-corrected chi connectivity index (χ3v) is 3.14. The molecule has 16 heavy (non-hydrogen) atoms. The molecular formula is C14H29NO. The van der Waals surface area contributed by atoms with Gasteiger partial charge in [-0.05, 0) is 13.3 Å². The molecule has 0 bridgehead atoms. The van der Waals surface area contributed by atoms with E-state index in [2.05, 4.69) is 6.92 Å². The molecule has 96 valence electrons. The first-order valence-corrected chi connectivity index (χ1v) is 6.94. The van der Waals surface area contributed by atoms with Crippen molar-refractivity contribution in [2.75, 3.05) is 0 Å². The fourth-order valence-corrected chi connectivity index (χ4v) is 1.88. The van der Waals surface area contributed by atoms with Gasteiger partial charge in [0.2, 0.25) is 0 Å². The number of nitrogens with two attached hydrogens (primary N) is 1. The van der Waals surface area contributed by atoms with Crippen molar-refractivity contribution in [3.8, 4) is 0 Å². The molecule has 0 fully saturated rings. The molecule has 1 unspecified atom stereocenters. The first kappa shape index (κ1) is 15.6. The topological polar surface area (TPSA) is 43.1 Å². The molecule has 0 aliphatic carbocycles. The van der Waals surface area contributed by atoms with Gasteiger partial charge in [-0.3, -0.25) is 4.79 Å². The van der Waals surface area contributed by atoms with Gasteiger partial charge in [-0.25, -0.2) is 0 Å². The number of unbranched alkanes of at least 4 members (excludes halogenated alkanes) is 8. The van der Waals surface area contributed by atoms with E-state index in [1.54, 1.807) is 6.92 Å². The zero-order chi connectivity index (χ0) is 12.2. The van der Waals surface area contributed by atoms with E-state index in [0.717, 1.165) is 12.8 Å². The van der Waals surface area contributed by atoms with E-state index in [1.165, 1.54) is 51.4 Å². The molecule has 0 radical (unpaired) electrons. The summed E-state index contributed by atoms with van der Waals surface area (Å²) >= 11 is 0. The van der Waals surface area contributed by atoms with Crippen LogP contribution in [0.2, 0.25) is 0 Å². The predicted molar refractivity (Wildman–Crippen MR) is 70.5 cm³/mol. The second-order valence-corrected chi connectivity index (χ2v) is 4.83. The van der Waals surface area contributed by atoms with Gasteiger partial charge in [0.1, 0.15) is 5.78 Å². The van der Waals surface area contributed by atoms with Gasteiger partial charge in [-0.15, -0.1) is 0 Å². The summed E-state index contributed by atoms with van der Waals surface area (Å²) in [4.78, 5) is 10.9. The molecule has 0 spiro atoms. The summed E-state index contributed by atoms with van der Waals surface area (Å²) in [5, 5.41) is 0. The highest BCUT2D eigenvalue weighted by atomic mass is 16.1. The lowest BCUT2D eigenvalue weighted by Gasteiger charge is -2.06. The lowest BCUT2D eigenvalue weighted by atomic mass is 10.0. The van der Waals surface area contributed by atoms with Gasteiger partial charge in [0.15, 0.2) is 0 Å². The van der Waals surface area contributed by atoms with E-state index in [0.29, 0.717) is 0 Å². The maximum Gasteiger partial charge on any atom is 0.146 e. The highest BCUT2D eigenvalue weighted by Gasteiger charge is 2.06. The van der Waals surface area contributed by atoms with Crippen LogP contribution in [0.3, 0.4) is 0 Å². The molecule has 0 aromatic carbocycles. The third kappa shape index (κ3) is 10.2. The Morgan fingerprint density at radius 3 is 1.81 bits per heavy atom. The smallest absolute Gasteiger partial charge is 0.146 e. The third-order valence-electron chi connectivity index (χ3n) is 3.14. The maximum atomic E-state index is 10.9. The quantitative estimate of drug-likeness (QED) is 0.545. The Labute approximate surface area is 101 Å². The number of rotatable bonds is 11. The number of Topliss-reactive ketones (excluding diaryl/α,β-unsaturated/α-hetero) is 1. The molecule has 0 aliphatic rings. The lowest BCUT2D eigenvalue weighted by Crippen LogP contribution is -2.27. The monoisotopic (exact) mass is 227 g/mol. The molecule has 2 heteroatoms. The highest BCUT2D eigenvalue weighted by Crippen LogP contribution is 2.11. The summed E-state index contributed by atoms with van der Waals surface area (Å²) in [6, 6.07) is -0.218. The number of carbonyl (C=O) groups is 1. The molecule has 0 amide bonds. The number of carbonyl (C=O) groups excluding carboxylic acids is 1. The molecule has 0 saturated heterocycles. The second-order valence-electron chi connectivity index (χ2n) is 4.83. The molecule has 0 aromatic rings. The number of hydrogen-bond donors (Lipinski definition) is 1. The Hall–Kier alpha value is -0.370. The van der Waals surface area contributed by atoms with Crippen molar-refractivity contribution in [3.05, 3.63) is 0 Å². The van der Waals surface area contributed by atoms with Crippen molar-refractivity contribution in [1.82, 2.24) is 0 Å². The van der Waals surface area contributed by atoms with Crippen LogP contribution in [0.25, 0.3) is 0 Å². The van der Waals surface area contributed by atoms with Crippen molar-refractivity contribution in [2.45, 2.75) is 84.1 Å². The predicted octanol–water partition coefficient (Wildman–Crippen LogP) is 3.82. The standard InChI is InChI=1S/C14H29NO/c1-3-4-5-6-7-8-9-10-11-12-14(15)13(2)16/h14H,3-12,15H2,1-2H3. The molecule has 0 aliphatic heterocycles. The largest absolute Gasteiger partial charge is 0.322 e. The summed E-state index contributed by atoms with van der Waals surface area (Å²) in [5.41, 5.74) is 5.66. The number of hydrogen-bond acceptors (Lipinski definition) is 2. The Morgan fingerprint density at radius 1 is 0.938 bits per heavy atom. The van der Waals surface area contributed by atoms with E-state index in [1.807, 2.05) is 0 Å². The van der Waals surface area contributed by atoms with E-state index in [-0.39, 0.29) is 11.8 Å². The Balaban J connectivity index is 3.07. The first-order chi connectivity index (χ1) is 7.68. The van der Waals surface area contributed by atoms with Crippen LogP contribution in [0.1, 0.15) is 78.1 Å². The first-order valence-electron chi connectivity index (χ1n) is 6.94. The van der Waals surface area contributed by atoms with E-state index < -0.39 is 0 Å². The van der Waals surface area contributed by atoms with Gasteiger partial charge in [0, 0.05) is 0 Å². The van der Waals surface area contributed by atoms with Crippen molar-refractivity contribution in [1.29, 1.82) is 0 Å². The molecule has 0 rings (SSSR count). The highest BCUT2D eigenvalue weighted by molar-refractivity contribution is 5.80. The zero-order valence-electron chi connectivity index (χ0n) is 11.1. The molecule has 0 heterocycles. The minimum absolute atomic E-state index is 0.125. The van der Waals surface area contributed by atoms with Gasteiger partial charge in [0.05, 0.1) is 6.04 Å². The molecule has 0 saturated carbocycles. The SMILES string of the molecule is CCCCCCCCCCCC(N)C(C)=O. The minimum Gasteiger partial charge on any atom is -0.322 e. The minimum atomic E-state index is -0.218. The fraction of sp³-hybridized carbons (Fsp3) is 0.929. The van der Waals surface area contributed by atoms with Crippen LogP contribution in [0.15, 0.2) is 0 Å². The van der Waals surface area contributed by atoms with Crippen molar-refractivity contribution < 1.29 is 4.79 Å². The van der Waals surface area contributed by atoms with Crippen LogP contribution >= 0.6 is 0 Å². The van der Waals surface area contributed by atoms with E-state index in [9.17, 15) is 4.79 Å². The lowest BCUT2D eigenvalue weighted by molar-refractivity contribution is -0.118. The van der Waals surface area contributed by atoms with Gasteiger partial charge in [-0.2, -0.15) is 0 Å². The van der Waals surface area contributed by atoms with Crippen molar-refractivity contribution in [2.24, 2.45) is 5.73 Å². The van der Waals surface area contributed by atoms with Crippen LogP contribution in [0, 0.1) is 0 Å². The summed E-state index contributed by atoms with van der Waals surface area (Å²) in [6.07, 6.45) is 12.7. The van der Waals surface area contributed by atoms with Crippen LogP contribution in [-0.4, -0.2) is 11.8 Å². The average Bonchev–Trinajstić information content (AvgIpc) is 2.26. The van der Waals surface area contributed by atoms with Crippen molar-refractivity contribution in [3.63, 3.8) is 0 Å². The van der Waals surface area contributed by atoms with Crippen molar-refractivity contribution >= 4 is 5.78 Å². The fourth-order valence-electron chi connectivity index (χ4n) is 1.88. The molecule has 1 atom stereocenters. The summed E-state index contributed by atoms with van der Waals surface area (Å²) in [6.45, 7) is 3.83. The molecule has 0 aromatic heterocycles. The van der Waals surface area contributed by atoms with Gasteiger partial charge in [-0.1, -0.05) is 64.7 Å². The molecular weight excluding hydrogens is 198 g/mol.